The Morgan fingerprint density at radius 1 is 1.07 bits per heavy atom. The van der Waals surface area contributed by atoms with Crippen molar-refractivity contribution >= 4 is 23.3 Å². The minimum Gasteiger partial charge on any atom is -0.391 e. The molecule has 2 aliphatic rings. The van der Waals surface area contributed by atoms with E-state index >= 15 is 0 Å². The number of halogens is 1. The third-order valence-corrected chi connectivity index (χ3v) is 6.21. The lowest BCUT2D eigenvalue weighted by Crippen LogP contribution is -2.45. The van der Waals surface area contributed by atoms with Gasteiger partial charge in [-0.3, -0.25) is 4.79 Å². The number of aromatic nitrogens is 2. The number of hydrogen-bond acceptors (Lipinski definition) is 5. The van der Waals surface area contributed by atoms with Crippen molar-refractivity contribution in [2.24, 2.45) is 0 Å². The molecular weight excluding hydrogens is 388 g/mol. The predicted octanol–water partition coefficient (Wildman–Crippen LogP) is 4.18. The summed E-state index contributed by atoms with van der Waals surface area (Å²) in [7, 11) is 0. The molecule has 0 unspecified atom stereocenters. The molecule has 154 valence electrons. The van der Waals surface area contributed by atoms with Crippen LogP contribution in [0.15, 0.2) is 30.5 Å². The SMILES string of the molecule is O=C(N[C@@H]1CCCC[C@H]1O)c1cnc(NC2CCCC2)c(-c2ccccc2Cl)n1. The normalized spacial score (nSPS) is 22.4. The van der Waals surface area contributed by atoms with E-state index in [-0.39, 0.29) is 17.6 Å². The Kier molecular flexibility index (Phi) is 6.31. The number of nitrogens with one attached hydrogen (secondary N) is 2. The summed E-state index contributed by atoms with van der Waals surface area (Å²) < 4.78 is 0. The highest BCUT2D eigenvalue weighted by molar-refractivity contribution is 6.33. The highest BCUT2D eigenvalue weighted by Crippen LogP contribution is 2.32. The lowest BCUT2D eigenvalue weighted by atomic mass is 9.92. The zero-order valence-electron chi connectivity index (χ0n) is 16.4. The fourth-order valence-electron chi connectivity index (χ4n) is 4.23. The maximum atomic E-state index is 12.8. The van der Waals surface area contributed by atoms with Crippen LogP contribution in [0.3, 0.4) is 0 Å². The van der Waals surface area contributed by atoms with Gasteiger partial charge in [-0.15, -0.1) is 0 Å². The topological polar surface area (TPSA) is 87.1 Å². The monoisotopic (exact) mass is 414 g/mol. The Morgan fingerprint density at radius 3 is 2.55 bits per heavy atom. The summed E-state index contributed by atoms with van der Waals surface area (Å²) >= 11 is 6.42. The summed E-state index contributed by atoms with van der Waals surface area (Å²) in [6.45, 7) is 0. The number of hydrogen-bond donors (Lipinski definition) is 3. The highest BCUT2D eigenvalue weighted by Gasteiger charge is 2.26. The minimum absolute atomic E-state index is 0.231. The third kappa shape index (κ3) is 4.70. The van der Waals surface area contributed by atoms with Crippen LogP contribution in [-0.4, -0.2) is 39.2 Å². The van der Waals surface area contributed by atoms with Gasteiger partial charge in [0, 0.05) is 11.6 Å². The summed E-state index contributed by atoms with van der Waals surface area (Å²) in [5.74, 6) is 0.337. The van der Waals surface area contributed by atoms with Gasteiger partial charge in [-0.05, 0) is 31.7 Å². The Balaban J connectivity index is 1.62. The maximum absolute atomic E-state index is 12.8. The molecule has 2 aliphatic carbocycles. The molecule has 1 amide bonds. The van der Waals surface area contributed by atoms with Gasteiger partial charge in [0.2, 0.25) is 0 Å². The first kappa shape index (κ1) is 20.1. The molecule has 0 bridgehead atoms. The van der Waals surface area contributed by atoms with Gasteiger partial charge in [0.25, 0.3) is 5.91 Å². The Bertz CT molecular complexity index is 870. The van der Waals surface area contributed by atoms with Gasteiger partial charge in [0.05, 0.1) is 23.4 Å². The van der Waals surface area contributed by atoms with Gasteiger partial charge < -0.3 is 15.7 Å². The molecule has 2 fully saturated rings. The zero-order valence-corrected chi connectivity index (χ0v) is 17.2. The number of carbonyl (C=O) groups excluding carboxylic acids is 1. The largest absolute Gasteiger partial charge is 0.391 e. The summed E-state index contributed by atoms with van der Waals surface area (Å²) in [5, 5.41) is 17.1. The van der Waals surface area contributed by atoms with Crippen LogP contribution < -0.4 is 10.6 Å². The lowest BCUT2D eigenvalue weighted by Gasteiger charge is -2.28. The second kappa shape index (κ2) is 9.09. The maximum Gasteiger partial charge on any atom is 0.271 e. The van der Waals surface area contributed by atoms with Crippen molar-refractivity contribution in [1.82, 2.24) is 15.3 Å². The summed E-state index contributed by atoms with van der Waals surface area (Å²) in [5.41, 5.74) is 1.56. The molecule has 0 spiro atoms. The minimum atomic E-state index is -0.507. The van der Waals surface area contributed by atoms with Gasteiger partial charge >= 0.3 is 0 Å². The molecule has 0 saturated heterocycles. The Morgan fingerprint density at radius 2 is 1.79 bits per heavy atom. The first-order chi connectivity index (χ1) is 14.1. The van der Waals surface area contributed by atoms with Crippen LogP contribution in [0.5, 0.6) is 0 Å². The van der Waals surface area contributed by atoms with Crippen LogP contribution in [0, 0.1) is 0 Å². The van der Waals surface area contributed by atoms with Crippen molar-refractivity contribution in [3.63, 3.8) is 0 Å². The standard InChI is InChI=1S/C22H27ClN4O2/c23-16-10-4-3-9-15(16)20-21(25-14-7-1-2-8-14)24-13-18(26-20)22(29)27-17-11-5-6-12-19(17)28/h3-4,9-10,13-14,17,19,28H,1-2,5-8,11-12H2,(H,24,25)(H,27,29)/t17-,19-/m1/s1. The first-order valence-corrected chi connectivity index (χ1v) is 10.9. The third-order valence-electron chi connectivity index (χ3n) is 5.88. The van der Waals surface area contributed by atoms with E-state index in [1.165, 1.54) is 19.0 Å². The van der Waals surface area contributed by atoms with Crippen molar-refractivity contribution in [2.75, 3.05) is 5.32 Å². The van der Waals surface area contributed by atoms with E-state index in [9.17, 15) is 9.90 Å². The van der Waals surface area contributed by atoms with E-state index in [0.29, 0.717) is 29.0 Å². The summed E-state index contributed by atoms with van der Waals surface area (Å²) in [4.78, 5) is 22.0. The number of nitrogens with zero attached hydrogens (tertiary/aromatic N) is 2. The fraction of sp³-hybridized carbons (Fsp3) is 0.500. The van der Waals surface area contributed by atoms with Gasteiger partial charge in [-0.2, -0.15) is 0 Å². The Hall–Kier alpha value is -2.18. The molecular formula is C22H27ClN4O2. The zero-order chi connectivity index (χ0) is 20.2. The molecule has 3 N–H and O–H groups in total. The summed E-state index contributed by atoms with van der Waals surface area (Å²) in [6, 6.07) is 7.58. The number of carbonyl (C=O) groups is 1. The van der Waals surface area contributed by atoms with Crippen molar-refractivity contribution in [3.8, 4) is 11.3 Å². The van der Waals surface area contributed by atoms with E-state index in [1.54, 1.807) is 0 Å². The molecule has 29 heavy (non-hydrogen) atoms. The van der Waals surface area contributed by atoms with E-state index in [2.05, 4.69) is 20.6 Å². The van der Waals surface area contributed by atoms with Crippen LogP contribution in [0.1, 0.15) is 61.9 Å². The highest BCUT2D eigenvalue weighted by atomic mass is 35.5. The quantitative estimate of drug-likeness (QED) is 0.683. The van der Waals surface area contributed by atoms with Crippen LogP contribution in [0.2, 0.25) is 5.02 Å². The van der Waals surface area contributed by atoms with E-state index in [1.807, 2.05) is 24.3 Å². The Labute approximate surface area is 176 Å². The number of benzene rings is 1. The summed E-state index contributed by atoms with van der Waals surface area (Å²) in [6.07, 6.45) is 9.10. The van der Waals surface area contributed by atoms with Crippen LogP contribution >= 0.6 is 11.6 Å². The average Bonchev–Trinajstić information content (AvgIpc) is 3.24. The molecule has 1 aromatic heterocycles. The number of aliphatic hydroxyl groups is 1. The first-order valence-electron chi connectivity index (χ1n) is 10.5. The van der Waals surface area contributed by atoms with E-state index < -0.39 is 6.10 Å². The second-order valence-corrected chi connectivity index (χ2v) is 8.40. The van der Waals surface area contributed by atoms with Crippen LogP contribution in [0.25, 0.3) is 11.3 Å². The molecule has 1 aromatic carbocycles. The number of anilines is 1. The van der Waals surface area contributed by atoms with Crippen molar-refractivity contribution in [2.45, 2.75) is 69.6 Å². The van der Waals surface area contributed by atoms with Crippen molar-refractivity contribution in [1.29, 1.82) is 0 Å². The molecule has 0 radical (unpaired) electrons. The molecule has 1 heterocycles. The van der Waals surface area contributed by atoms with Gasteiger partial charge in [0.1, 0.15) is 11.4 Å². The van der Waals surface area contributed by atoms with Crippen molar-refractivity contribution in [3.05, 3.63) is 41.2 Å². The molecule has 2 aromatic rings. The predicted molar refractivity (Wildman–Crippen MR) is 114 cm³/mol. The lowest BCUT2D eigenvalue weighted by molar-refractivity contribution is 0.0713. The van der Waals surface area contributed by atoms with E-state index in [0.717, 1.165) is 37.7 Å². The second-order valence-electron chi connectivity index (χ2n) is 7.99. The molecule has 7 heteroatoms. The van der Waals surface area contributed by atoms with Crippen LogP contribution in [0.4, 0.5) is 5.82 Å². The van der Waals surface area contributed by atoms with Crippen LogP contribution in [-0.2, 0) is 0 Å². The molecule has 0 aliphatic heterocycles. The molecule has 2 saturated carbocycles. The molecule has 2 atom stereocenters. The molecule has 6 nitrogen and oxygen atoms in total. The van der Waals surface area contributed by atoms with Gasteiger partial charge in [-0.25, -0.2) is 9.97 Å². The molecule has 4 rings (SSSR count). The van der Waals surface area contributed by atoms with Gasteiger partial charge in [0.15, 0.2) is 5.82 Å². The fourth-order valence-corrected chi connectivity index (χ4v) is 4.46. The number of aliphatic hydroxyl groups excluding tert-OH is 1. The van der Waals surface area contributed by atoms with E-state index in [4.69, 9.17) is 11.6 Å². The number of rotatable bonds is 5. The van der Waals surface area contributed by atoms with Gasteiger partial charge in [-0.1, -0.05) is 55.5 Å². The average molecular weight is 415 g/mol. The number of amides is 1. The smallest absolute Gasteiger partial charge is 0.271 e. The van der Waals surface area contributed by atoms with Crippen molar-refractivity contribution < 1.29 is 9.90 Å².